The van der Waals surface area contributed by atoms with Crippen LogP contribution in [0.3, 0.4) is 0 Å². The highest BCUT2D eigenvalue weighted by Crippen LogP contribution is 2.32. The van der Waals surface area contributed by atoms with E-state index in [1.54, 1.807) is 7.11 Å². The van der Waals surface area contributed by atoms with Crippen LogP contribution in [0.15, 0.2) is 0 Å². The quantitative estimate of drug-likeness (QED) is 0.471. The Morgan fingerprint density at radius 1 is 1.07 bits per heavy atom. The summed E-state index contributed by atoms with van der Waals surface area (Å²) in [5, 5.41) is 1.07. The fraction of sp³-hybridized carbons (Fsp3) is 1.00. The molecule has 0 rings (SSSR count). The molecule has 86 valence electrons. The van der Waals surface area contributed by atoms with Crippen LogP contribution in [0.5, 0.6) is 0 Å². The molecular weight excluding hydrogens is 244 g/mol. The molecule has 0 aliphatic rings. The van der Waals surface area contributed by atoms with E-state index in [9.17, 15) is 0 Å². The van der Waals surface area contributed by atoms with Crippen molar-refractivity contribution in [2.45, 2.75) is 33.1 Å². The summed E-state index contributed by atoms with van der Waals surface area (Å²) >= 11 is 3.60. The summed E-state index contributed by atoms with van der Waals surface area (Å²) in [5.41, 5.74) is 0.424. The third-order valence-corrected chi connectivity index (χ3v) is 4.18. The van der Waals surface area contributed by atoms with Crippen molar-refractivity contribution in [2.24, 2.45) is 5.41 Å². The molecule has 0 fully saturated rings. The third kappa shape index (κ3) is 5.32. The second kappa shape index (κ2) is 8.69. The molecule has 0 aromatic rings. The molecule has 3 heteroatoms. The number of ether oxygens (including phenoxy) is 2. The Hall–Kier alpha value is 0.400. The van der Waals surface area contributed by atoms with Gasteiger partial charge in [-0.15, -0.1) is 0 Å². The molecule has 0 heterocycles. The van der Waals surface area contributed by atoms with Gasteiger partial charge in [0.05, 0.1) is 13.2 Å². The molecule has 0 aromatic heterocycles. The predicted octanol–water partition coefficient (Wildman–Crippen LogP) is 3.24. The van der Waals surface area contributed by atoms with E-state index in [0.29, 0.717) is 18.6 Å². The van der Waals surface area contributed by atoms with Crippen LogP contribution < -0.4 is 0 Å². The summed E-state index contributed by atoms with van der Waals surface area (Å²) in [6, 6.07) is 0. The lowest BCUT2D eigenvalue weighted by Crippen LogP contribution is -2.23. The number of halogens is 1. The van der Waals surface area contributed by atoms with E-state index in [4.69, 9.17) is 9.47 Å². The van der Waals surface area contributed by atoms with Crippen LogP contribution in [0.4, 0.5) is 0 Å². The van der Waals surface area contributed by atoms with E-state index < -0.39 is 0 Å². The van der Waals surface area contributed by atoms with Gasteiger partial charge in [-0.05, 0) is 24.7 Å². The van der Waals surface area contributed by atoms with Gasteiger partial charge in [0.1, 0.15) is 0 Å². The zero-order chi connectivity index (χ0) is 10.9. The highest BCUT2D eigenvalue weighted by molar-refractivity contribution is 9.09. The summed E-state index contributed by atoms with van der Waals surface area (Å²) in [4.78, 5) is 0. The van der Waals surface area contributed by atoms with Gasteiger partial charge < -0.3 is 9.47 Å². The molecule has 0 bridgehead atoms. The molecule has 0 amide bonds. The highest BCUT2D eigenvalue weighted by Gasteiger charge is 2.23. The maximum Gasteiger partial charge on any atom is 0.0700 e. The summed E-state index contributed by atoms with van der Waals surface area (Å²) < 4.78 is 10.4. The lowest BCUT2D eigenvalue weighted by molar-refractivity contribution is 0.0530. The Balaban J connectivity index is 3.61. The molecule has 0 aliphatic carbocycles. The van der Waals surface area contributed by atoms with Crippen LogP contribution in [0, 0.1) is 5.41 Å². The van der Waals surface area contributed by atoms with Gasteiger partial charge in [0, 0.05) is 19.0 Å². The van der Waals surface area contributed by atoms with E-state index >= 15 is 0 Å². The molecular formula is C11H23BrO2. The number of hydrogen-bond donors (Lipinski definition) is 0. The van der Waals surface area contributed by atoms with Crippen molar-refractivity contribution in [3.63, 3.8) is 0 Å². The van der Waals surface area contributed by atoms with Crippen molar-refractivity contribution in [1.29, 1.82) is 0 Å². The number of hydrogen-bond acceptors (Lipinski definition) is 2. The molecule has 2 nitrogen and oxygen atoms in total. The second-order valence-electron chi connectivity index (χ2n) is 3.70. The maximum atomic E-state index is 5.49. The minimum atomic E-state index is 0.424. The maximum absolute atomic E-state index is 5.49. The number of alkyl halides is 1. The van der Waals surface area contributed by atoms with Crippen LogP contribution in [-0.4, -0.2) is 32.3 Å². The molecule has 14 heavy (non-hydrogen) atoms. The first kappa shape index (κ1) is 14.4. The van der Waals surface area contributed by atoms with Gasteiger partial charge in [0.2, 0.25) is 0 Å². The molecule has 0 saturated heterocycles. The topological polar surface area (TPSA) is 18.5 Å². The molecule has 0 N–H and O–H groups in total. The molecule has 0 saturated carbocycles. The van der Waals surface area contributed by atoms with E-state index in [1.165, 1.54) is 12.8 Å². The molecule has 0 aromatic carbocycles. The van der Waals surface area contributed by atoms with Crippen molar-refractivity contribution < 1.29 is 9.47 Å². The zero-order valence-corrected chi connectivity index (χ0v) is 11.2. The average molecular weight is 267 g/mol. The fourth-order valence-electron chi connectivity index (χ4n) is 1.39. The Morgan fingerprint density at radius 2 is 1.71 bits per heavy atom. The third-order valence-electron chi connectivity index (χ3n) is 2.99. The van der Waals surface area contributed by atoms with Crippen molar-refractivity contribution in [2.75, 3.05) is 32.3 Å². The molecule has 0 radical (unpaired) electrons. The van der Waals surface area contributed by atoms with Crippen molar-refractivity contribution in [1.82, 2.24) is 0 Å². The fourth-order valence-corrected chi connectivity index (χ4v) is 2.47. The van der Waals surface area contributed by atoms with E-state index in [2.05, 4.69) is 29.8 Å². The predicted molar refractivity (Wildman–Crippen MR) is 64.1 cm³/mol. The average Bonchev–Trinajstić information content (AvgIpc) is 2.24. The van der Waals surface area contributed by atoms with Gasteiger partial charge >= 0.3 is 0 Å². The molecule has 0 atom stereocenters. The van der Waals surface area contributed by atoms with Gasteiger partial charge in [-0.1, -0.05) is 29.8 Å². The summed E-state index contributed by atoms with van der Waals surface area (Å²) in [7, 11) is 1.70. The van der Waals surface area contributed by atoms with Gasteiger partial charge in [0.15, 0.2) is 0 Å². The molecule has 0 unspecified atom stereocenters. The minimum absolute atomic E-state index is 0.424. The normalized spacial score (nSPS) is 12.0. The Bertz CT molecular complexity index is 116. The van der Waals surface area contributed by atoms with E-state index in [0.717, 1.165) is 18.4 Å². The lowest BCUT2D eigenvalue weighted by Gasteiger charge is -2.29. The molecule has 0 aliphatic heterocycles. The minimum Gasteiger partial charge on any atom is -0.382 e. The first-order valence-corrected chi connectivity index (χ1v) is 6.49. The summed E-state index contributed by atoms with van der Waals surface area (Å²) in [6.45, 7) is 6.75. The van der Waals surface area contributed by atoms with Crippen molar-refractivity contribution in [3.8, 4) is 0 Å². The van der Waals surface area contributed by atoms with Crippen LogP contribution in [0.1, 0.15) is 33.1 Å². The van der Waals surface area contributed by atoms with Gasteiger partial charge in [0.25, 0.3) is 0 Å². The van der Waals surface area contributed by atoms with Crippen LogP contribution in [-0.2, 0) is 9.47 Å². The first-order valence-electron chi connectivity index (χ1n) is 5.37. The SMILES string of the molecule is CCC(CC)(CBr)CCOCCOC. The Morgan fingerprint density at radius 3 is 2.14 bits per heavy atom. The smallest absolute Gasteiger partial charge is 0.0700 e. The van der Waals surface area contributed by atoms with Crippen LogP contribution >= 0.6 is 15.9 Å². The lowest BCUT2D eigenvalue weighted by atomic mass is 9.82. The van der Waals surface area contributed by atoms with E-state index in [1.807, 2.05) is 0 Å². The summed E-state index contributed by atoms with van der Waals surface area (Å²) in [5.74, 6) is 0. The number of rotatable bonds is 9. The molecule has 0 spiro atoms. The highest BCUT2D eigenvalue weighted by atomic mass is 79.9. The zero-order valence-electron chi connectivity index (χ0n) is 9.64. The van der Waals surface area contributed by atoms with Gasteiger partial charge in [-0.3, -0.25) is 0 Å². The monoisotopic (exact) mass is 266 g/mol. The van der Waals surface area contributed by atoms with Gasteiger partial charge in [-0.2, -0.15) is 0 Å². The first-order chi connectivity index (χ1) is 6.74. The largest absolute Gasteiger partial charge is 0.382 e. The van der Waals surface area contributed by atoms with Crippen LogP contribution in [0.25, 0.3) is 0 Å². The van der Waals surface area contributed by atoms with Crippen LogP contribution in [0.2, 0.25) is 0 Å². The standard InChI is InChI=1S/C11H23BrO2/c1-4-11(5-2,10-12)6-7-14-9-8-13-3/h4-10H2,1-3H3. The second-order valence-corrected chi connectivity index (χ2v) is 4.26. The van der Waals surface area contributed by atoms with E-state index in [-0.39, 0.29) is 0 Å². The Kier molecular flexibility index (Phi) is 8.94. The van der Waals surface area contributed by atoms with Crippen molar-refractivity contribution >= 4 is 15.9 Å². The number of methoxy groups -OCH3 is 1. The Labute approximate surface area is 96.5 Å². The van der Waals surface area contributed by atoms with Crippen molar-refractivity contribution in [3.05, 3.63) is 0 Å². The summed E-state index contributed by atoms with van der Waals surface area (Å²) in [6.07, 6.45) is 3.56. The van der Waals surface area contributed by atoms with Gasteiger partial charge in [-0.25, -0.2) is 0 Å².